The van der Waals surface area contributed by atoms with Gasteiger partial charge in [0, 0.05) is 25.1 Å². The Hall–Kier alpha value is -0.390. The Morgan fingerprint density at radius 1 is 1.69 bits per heavy atom. The van der Waals surface area contributed by atoms with Gasteiger partial charge >= 0.3 is 0 Å². The summed E-state index contributed by atoms with van der Waals surface area (Å²) in [6, 6.07) is 1.85. The average Bonchev–Trinajstić information content (AvgIpc) is 2.89. The van der Waals surface area contributed by atoms with E-state index in [-0.39, 0.29) is 5.91 Å². The van der Waals surface area contributed by atoms with Gasteiger partial charge in [-0.3, -0.25) is 4.79 Å². The molecular weight excluding hydrogens is 290 g/mol. The molecule has 0 spiro atoms. The van der Waals surface area contributed by atoms with Crippen LogP contribution in [0.3, 0.4) is 0 Å². The Labute approximate surface area is 107 Å². The predicted molar refractivity (Wildman–Crippen MR) is 67.9 cm³/mol. The molecule has 5 heteroatoms. The van der Waals surface area contributed by atoms with E-state index in [9.17, 15) is 4.79 Å². The molecule has 0 aromatic carbocycles. The molecule has 0 radical (unpaired) electrons. The predicted octanol–water partition coefficient (Wildman–Crippen LogP) is 2.67. The van der Waals surface area contributed by atoms with Gasteiger partial charge in [-0.25, -0.2) is 0 Å². The SMILES string of the molecule is O=C(NCCC1CCOC1)c1csc(Br)c1. The monoisotopic (exact) mass is 303 g/mol. The molecule has 88 valence electrons. The van der Waals surface area contributed by atoms with Crippen LogP contribution in [0.15, 0.2) is 15.2 Å². The summed E-state index contributed by atoms with van der Waals surface area (Å²) >= 11 is 4.87. The maximum Gasteiger partial charge on any atom is 0.252 e. The number of carbonyl (C=O) groups is 1. The second-order valence-electron chi connectivity index (χ2n) is 3.91. The van der Waals surface area contributed by atoms with E-state index in [2.05, 4.69) is 21.2 Å². The lowest BCUT2D eigenvalue weighted by Gasteiger charge is -2.07. The molecule has 0 saturated carbocycles. The van der Waals surface area contributed by atoms with Crippen molar-refractivity contribution in [1.29, 1.82) is 0 Å². The normalized spacial score (nSPS) is 19.9. The van der Waals surface area contributed by atoms with Crippen molar-refractivity contribution < 1.29 is 9.53 Å². The number of carbonyl (C=O) groups excluding carboxylic acids is 1. The van der Waals surface area contributed by atoms with E-state index in [1.54, 1.807) is 0 Å². The second kappa shape index (κ2) is 5.80. The molecule has 1 atom stereocenters. The van der Waals surface area contributed by atoms with E-state index < -0.39 is 0 Å². The Balaban J connectivity index is 1.71. The highest BCUT2D eigenvalue weighted by atomic mass is 79.9. The number of amides is 1. The fourth-order valence-electron chi connectivity index (χ4n) is 1.73. The van der Waals surface area contributed by atoms with Crippen molar-refractivity contribution in [1.82, 2.24) is 5.32 Å². The smallest absolute Gasteiger partial charge is 0.252 e. The molecule has 0 aliphatic carbocycles. The summed E-state index contributed by atoms with van der Waals surface area (Å²) in [6.07, 6.45) is 2.14. The van der Waals surface area contributed by atoms with Gasteiger partial charge in [0.05, 0.1) is 9.35 Å². The number of rotatable bonds is 4. The lowest BCUT2D eigenvalue weighted by molar-refractivity contribution is 0.0951. The standard InChI is InChI=1S/C11H14BrNO2S/c12-10-5-9(7-16-10)11(14)13-3-1-8-2-4-15-6-8/h5,7-8H,1-4,6H2,(H,13,14). The van der Waals surface area contributed by atoms with Crippen LogP contribution in [0.2, 0.25) is 0 Å². The third-order valence-corrected chi connectivity index (χ3v) is 4.20. The number of ether oxygens (including phenoxy) is 1. The molecule has 2 rings (SSSR count). The molecule has 0 bridgehead atoms. The van der Waals surface area contributed by atoms with Crippen LogP contribution in [-0.2, 0) is 4.74 Å². The summed E-state index contributed by atoms with van der Waals surface area (Å²) in [5.41, 5.74) is 0.736. The molecule has 3 nitrogen and oxygen atoms in total. The van der Waals surface area contributed by atoms with Crippen LogP contribution < -0.4 is 5.32 Å². The summed E-state index contributed by atoms with van der Waals surface area (Å²) < 4.78 is 6.27. The summed E-state index contributed by atoms with van der Waals surface area (Å²) in [6.45, 7) is 2.45. The zero-order valence-corrected chi connectivity index (χ0v) is 11.3. The van der Waals surface area contributed by atoms with Crippen LogP contribution in [0.25, 0.3) is 0 Å². The molecule has 1 saturated heterocycles. The van der Waals surface area contributed by atoms with Gasteiger partial charge in [-0.1, -0.05) is 0 Å². The van der Waals surface area contributed by atoms with Crippen LogP contribution in [0.1, 0.15) is 23.2 Å². The molecule has 1 aromatic rings. The van der Waals surface area contributed by atoms with Gasteiger partial charge in [0.2, 0.25) is 0 Å². The maximum atomic E-state index is 11.7. The highest BCUT2D eigenvalue weighted by Crippen LogP contribution is 2.20. The van der Waals surface area contributed by atoms with E-state index in [1.165, 1.54) is 11.3 Å². The molecular formula is C11H14BrNO2S. The first-order valence-electron chi connectivity index (χ1n) is 5.35. The Morgan fingerprint density at radius 3 is 3.19 bits per heavy atom. The van der Waals surface area contributed by atoms with E-state index in [1.807, 2.05) is 11.4 Å². The molecule has 1 aliphatic rings. The van der Waals surface area contributed by atoms with Gasteiger partial charge in [-0.05, 0) is 40.8 Å². The molecule has 1 aromatic heterocycles. The Kier molecular flexibility index (Phi) is 4.37. The number of hydrogen-bond donors (Lipinski definition) is 1. The third-order valence-electron chi connectivity index (χ3n) is 2.69. The van der Waals surface area contributed by atoms with Gasteiger partial charge < -0.3 is 10.1 Å². The van der Waals surface area contributed by atoms with Crippen molar-refractivity contribution in [2.45, 2.75) is 12.8 Å². The van der Waals surface area contributed by atoms with Crippen molar-refractivity contribution >= 4 is 33.2 Å². The Morgan fingerprint density at radius 2 is 2.56 bits per heavy atom. The van der Waals surface area contributed by atoms with Crippen molar-refractivity contribution in [2.24, 2.45) is 5.92 Å². The minimum Gasteiger partial charge on any atom is -0.381 e. The average molecular weight is 304 g/mol. The molecule has 1 aliphatic heterocycles. The molecule has 1 unspecified atom stereocenters. The molecule has 2 heterocycles. The van der Waals surface area contributed by atoms with Gasteiger partial charge in [-0.2, -0.15) is 0 Å². The van der Waals surface area contributed by atoms with Gasteiger partial charge in [0.15, 0.2) is 0 Å². The van der Waals surface area contributed by atoms with Gasteiger partial charge in [-0.15, -0.1) is 11.3 Å². The zero-order chi connectivity index (χ0) is 11.4. The van der Waals surface area contributed by atoms with Gasteiger partial charge in [0.1, 0.15) is 0 Å². The van der Waals surface area contributed by atoms with Crippen LogP contribution >= 0.6 is 27.3 Å². The molecule has 16 heavy (non-hydrogen) atoms. The van der Waals surface area contributed by atoms with Crippen LogP contribution in [0, 0.1) is 5.92 Å². The first kappa shape index (κ1) is 12.1. The number of halogens is 1. The minimum atomic E-state index is 0.0147. The number of thiophene rings is 1. The highest BCUT2D eigenvalue weighted by Gasteiger charge is 2.15. The first-order valence-corrected chi connectivity index (χ1v) is 7.03. The minimum absolute atomic E-state index is 0.0147. The topological polar surface area (TPSA) is 38.3 Å². The first-order chi connectivity index (χ1) is 7.75. The summed E-state index contributed by atoms with van der Waals surface area (Å²) in [5.74, 6) is 0.635. The highest BCUT2D eigenvalue weighted by molar-refractivity contribution is 9.11. The van der Waals surface area contributed by atoms with Crippen molar-refractivity contribution in [3.8, 4) is 0 Å². The van der Waals surface area contributed by atoms with E-state index in [0.717, 1.165) is 42.0 Å². The zero-order valence-electron chi connectivity index (χ0n) is 8.87. The van der Waals surface area contributed by atoms with Crippen molar-refractivity contribution in [2.75, 3.05) is 19.8 Å². The molecule has 1 amide bonds. The fraction of sp³-hybridized carbons (Fsp3) is 0.545. The lowest BCUT2D eigenvalue weighted by atomic mass is 10.1. The van der Waals surface area contributed by atoms with Crippen molar-refractivity contribution in [3.63, 3.8) is 0 Å². The number of hydrogen-bond acceptors (Lipinski definition) is 3. The fourth-order valence-corrected chi connectivity index (χ4v) is 2.87. The van der Waals surface area contributed by atoms with Crippen molar-refractivity contribution in [3.05, 3.63) is 20.8 Å². The third kappa shape index (κ3) is 3.30. The van der Waals surface area contributed by atoms with Crippen LogP contribution in [-0.4, -0.2) is 25.7 Å². The Bertz CT molecular complexity index is 361. The quantitative estimate of drug-likeness (QED) is 0.929. The second-order valence-corrected chi connectivity index (χ2v) is 6.20. The molecule has 1 fully saturated rings. The summed E-state index contributed by atoms with van der Waals surface area (Å²) in [5, 5.41) is 4.79. The lowest BCUT2D eigenvalue weighted by Crippen LogP contribution is -2.25. The number of nitrogens with one attached hydrogen (secondary N) is 1. The van der Waals surface area contributed by atoms with E-state index in [0.29, 0.717) is 5.92 Å². The summed E-state index contributed by atoms with van der Waals surface area (Å²) in [4.78, 5) is 11.7. The van der Waals surface area contributed by atoms with E-state index in [4.69, 9.17) is 4.74 Å². The summed E-state index contributed by atoms with van der Waals surface area (Å²) in [7, 11) is 0. The van der Waals surface area contributed by atoms with Crippen LogP contribution in [0.5, 0.6) is 0 Å². The largest absolute Gasteiger partial charge is 0.381 e. The van der Waals surface area contributed by atoms with Gasteiger partial charge in [0.25, 0.3) is 5.91 Å². The van der Waals surface area contributed by atoms with Crippen LogP contribution in [0.4, 0.5) is 0 Å². The van der Waals surface area contributed by atoms with E-state index >= 15 is 0 Å². The molecule has 1 N–H and O–H groups in total. The maximum absolute atomic E-state index is 11.7.